The van der Waals surface area contributed by atoms with Gasteiger partial charge in [0.25, 0.3) is 0 Å². The van der Waals surface area contributed by atoms with E-state index in [4.69, 9.17) is 5.73 Å². The Labute approximate surface area is 122 Å². The molecule has 0 saturated heterocycles. The highest BCUT2D eigenvalue weighted by Gasteiger charge is 2.34. The monoisotopic (exact) mass is 277 g/mol. The normalized spacial score (nSPS) is 11.4. The van der Waals surface area contributed by atoms with Gasteiger partial charge in [0.2, 0.25) is 5.91 Å². The highest BCUT2D eigenvalue weighted by Crippen LogP contribution is 2.29. The molecule has 3 N–H and O–H groups in total. The molecule has 0 aliphatic carbocycles. The molecule has 0 saturated carbocycles. The summed E-state index contributed by atoms with van der Waals surface area (Å²) in [5.41, 5.74) is 7.69. The molecule has 0 bridgehead atoms. The van der Waals surface area contributed by atoms with Gasteiger partial charge in [-0.05, 0) is 37.0 Å². The molecule has 0 aliphatic heterocycles. The second-order valence-corrected chi connectivity index (χ2v) is 5.47. The number of nitrogens with zero attached hydrogens (tertiary/aromatic N) is 1. The summed E-state index contributed by atoms with van der Waals surface area (Å²) in [6.07, 6.45) is 7.19. The van der Waals surface area contributed by atoms with Crippen LogP contribution in [-0.2, 0) is 11.3 Å². The number of carbonyl (C=O) groups excluding carboxylic acids is 1. The zero-order valence-corrected chi connectivity index (χ0v) is 12.9. The van der Waals surface area contributed by atoms with Gasteiger partial charge in [-0.15, -0.1) is 0 Å². The minimum Gasteiger partial charge on any atom is -0.351 e. The smallest absolute Gasteiger partial charge is 0.227 e. The molecule has 112 valence electrons. The topological polar surface area (TPSA) is 68.0 Å². The molecule has 0 fully saturated rings. The molecule has 0 atom stereocenters. The SMILES string of the molecule is CCCC(CN)(CCC)C(=O)NCc1cnccc1C. The van der Waals surface area contributed by atoms with Crippen molar-refractivity contribution in [2.45, 2.75) is 53.0 Å². The first-order valence-corrected chi connectivity index (χ1v) is 7.47. The number of aromatic nitrogens is 1. The Morgan fingerprint density at radius 3 is 2.50 bits per heavy atom. The molecule has 0 aromatic carbocycles. The van der Waals surface area contributed by atoms with Crippen molar-refractivity contribution in [3.05, 3.63) is 29.6 Å². The molecule has 0 aliphatic rings. The summed E-state index contributed by atoms with van der Waals surface area (Å²) in [6, 6.07) is 1.95. The highest BCUT2D eigenvalue weighted by atomic mass is 16.2. The number of pyridine rings is 1. The van der Waals surface area contributed by atoms with Crippen LogP contribution in [0.2, 0.25) is 0 Å². The molecule has 0 radical (unpaired) electrons. The van der Waals surface area contributed by atoms with Gasteiger partial charge in [-0.1, -0.05) is 26.7 Å². The van der Waals surface area contributed by atoms with Crippen LogP contribution in [0, 0.1) is 12.3 Å². The first kappa shape index (κ1) is 16.6. The fourth-order valence-electron chi connectivity index (χ4n) is 2.65. The van der Waals surface area contributed by atoms with Crippen LogP contribution in [0.5, 0.6) is 0 Å². The molecule has 1 rings (SSSR count). The number of rotatable bonds is 8. The largest absolute Gasteiger partial charge is 0.351 e. The fourth-order valence-corrected chi connectivity index (χ4v) is 2.65. The van der Waals surface area contributed by atoms with Crippen molar-refractivity contribution in [2.75, 3.05) is 6.54 Å². The first-order chi connectivity index (χ1) is 9.59. The highest BCUT2D eigenvalue weighted by molar-refractivity contribution is 5.82. The van der Waals surface area contributed by atoms with Crippen molar-refractivity contribution < 1.29 is 4.79 Å². The van der Waals surface area contributed by atoms with Crippen molar-refractivity contribution in [1.82, 2.24) is 10.3 Å². The lowest BCUT2D eigenvalue weighted by atomic mass is 9.78. The summed E-state index contributed by atoms with van der Waals surface area (Å²) >= 11 is 0. The van der Waals surface area contributed by atoms with E-state index >= 15 is 0 Å². The molecule has 20 heavy (non-hydrogen) atoms. The number of hydrogen-bond donors (Lipinski definition) is 2. The molecule has 0 unspecified atom stereocenters. The van der Waals surface area contributed by atoms with Gasteiger partial charge in [0, 0.05) is 25.5 Å². The molecule has 4 heteroatoms. The Kier molecular flexibility index (Phi) is 6.65. The second kappa shape index (κ2) is 8.00. The fraction of sp³-hybridized carbons (Fsp3) is 0.625. The Hall–Kier alpha value is -1.42. The number of aryl methyl sites for hydroxylation is 1. The van der Waals surface area contributed by atoms with E-state index < -0.39 is 5.41 Å². The standard InChI is InChI=1S/C16H27N3O/c1-4-7-16(12-17,8-5-2)15(20)19-11-14-10-18-9-6-13(14)3/h6,9-10H,4-5,7-8,11-12,17H2,1-3H3,(H,19,20). The Morgan fingerprint density at radius 2 is 2.00 bits per heavy atom. The van der Waals surface area contributed by atoms with Gasteiger partial charge in [0.1, 0.15) is 0 Å². The second-order valence-electron chi connectivity index (χ2n) is 5.47. The number of amides is 1. The summed E-state index contributed by atoms with van der Waals surface area (Å²) in [4.78, 5) is 16.7. The Morgan fingerprint density at radius 1 is 1.35 bits per heavy atom. The van der Waals surface area contributed by atoms with E-state index in [2.05, 4.69) is 24.1 Å². The van der Waals surface area contributed by atoms with Crippen LogP contribution < -0.4 is 11.1 Å². The molecule has 0 spiro atoms. The van der Waals surface area contributed by atoms with Crippen molar-refractivity contribution in [3.8, 4) is 0 Å². The predicted octanol–water partition coefficient (Wildman–Crippen LogP) is 2.55. The Bertz CT molecular complexity index is 425. The summed E-state index contributed by atoms with van der Waals surface area (Å²) in [5, 5.41) is 3.04. The minimum atomic E-state index is -0.417. The summed E-state index contributed by atoms with van der Waals surface area (Å²) in [6.45, 7) is 7.15. The van der Waals surface area contributed by atoms with E-state index in [1.54, 1.807) is 12.4 Å². The quantitative estimate of drug-likeness (QED) is 0.767. The molecule has 4 nitrogen and oxygen atoms in total. The lowest BCUT2D eigenvalue weighted by Crippen LogP contribution is -2.45. The maximum absolute atomic E-state index is 12.5. The van der Waals surface area contributed by atoms with Gasteiger partial charge < -0.3 is 11.1 Å². The molecule has 1 heterocycles. The zero-order chi connectivity index (χ0) is 15.0. The maximum Gasteiger partial charge on any atom is 0.227 e. The van der Waals surface area contributed by atoms with Crippen LogP contribution in [0.15, 0.2) is 18.5 Å². The van der Waals surface area contributed by atoms with Crippen molar-refractivity contribution in [1.29, 1.82) is 0 Å². The van der Waals surface area contributed by atoms with Crippen LogP contribution in [0.1, 0.15) is 50.7 Å². The third kappa shape index (κ3) is 4.04. The molecule has 1 aromatic heterocycles. The van der Waals surface area contributed by atoms with Gasteiger partial charge in [0.05, 0.1) is 5.41 Å². The summed E-state index contributed by atoms with van der Waals surface area (Å²) < 4.78 is 0. The van der Waals surface area contributed by atoms with E-state index in [-0.39, 0.29) is 5.91 Å². The van der Waals surface area contributed by atoms with Crippen LogP contribution in [-0.4, -0.2) is 17.4 Å². The lowest BCUT2D eigenvalue weighted by Gasteiger charge is -2.30. The lowest BCUT2D eigenvalue weighted by molar-refractivity contribution is -0.131. The number of nitrogens with one attached hydrogen (secondary N) is 1. The average Bonchev–Trinajstić information content (AvgIpc) is 2.45. The first-order valence-electron chi connectivity index (χ1n) is 7.47. The molecule has 1 amide bonds. The van der Waals surface area contributed by atoms with E-state index in [0.717, 1.165) is 36.8 Å². The Balaban J connectivity index is 2.74. The third-order valence-corrected chi connectivity index (χ3v) is 3.92. The van der Waals surface area contributed by atoms with Crippen molar-refractivity contribution in [2.24, 2.45) is 11.1 Å². The minimum absolute atomic E-state index is 0.0759. The van der Waals surface area contributed by atoms with Gasteiger partial charge in [-0.25, -0.2) is 0 Å². The van der Waals surface area contributed by atoms with E-state index in [1.165, 1.54) is 0 Å². The van der Waals surface area contributed by atoms with Crippen molar-refractivity contribution >= 4 is 5.91 Å². The average molecular weight is 277 g/mol. The van der Waals surface area contributed by atoms with Gasteiger partial charge in [0.15, 0.2) is 0 Å². The van der Waals surface area contributed by atoms with Crippen LogP contribution >= 0.6 is 0 Å². The third-order valence-electron chi connectivity index (χ3n) is 3.92. The van der Waals surface area contributed by atoms with Crippen LogP contribution in [0.4, 0.5) is 0 Å². The van der Waals surface area contributed by atoms with Gasteiger partial charge in [-0.2, -0.15) is 0 Å². The van der Waals surface area contributed by atoms with E-state index in [0.29, 0.717) is 13.1 Å². The van der Waals surface area contributed by atoms with E-state index in [1.807, 2.05) is 13.0 Å². The zero-order valence-electron chi connectivity index (χ0n) is 12.9. The molecular weight excluding hydrogens is 250 g/mol. The van der Waals surface area contributed by atoms with Gasteiger partial charge in [-0.3, -0.25) is 9.78 Å². The summed E-state index contributed by atoms with van der Waals surface area (Å²) in [5.74, 6) is 0.0759. The predicted molar refractivity (Wildman–Crippen MR) is 82.1 cm³/mol. The summed E-state index contributed by atoms with van der Waals surface area (Å²) in [7, 11) is 0. The number of hydrogen-bond acceptors (Lipinski definition) is 3. The number of carbonyl (C=O) groups is 1. The van der Waals surface area contributed by atoms with Crippen molar-refractivity contribution in [3.63, 3.8) is 0 Å². The number of nitrogens with two attached hydrogens (primary N) is 1. The van der Waals surface area contributed by atoms with Crippen LogP contribution in [0.3, 0.4) is 0 Å². The maximum atomic E-state index is 12.5. The molecular formula is C16H27N3O. The van der Waals surface area contributed by atoms with Gasteiger partial charge >= 0.3 is 0 Å². The molecule has 1 aromatic rings. The van der Waals surface area contributed by atoms with Crippen LogP contribution in [0.25, 0.3) is 0 Å². The van der Waals surface area contributed by atoms with E-state index in [9.17, 15) is 4.79 Å².